The Bertz CT molecular complexity index is 762. The van der Waals surface area contributed by atoms with Gasteiger partial charge in [-0.3, -0.25) is 4.79 Å². The number of carbonyl (C=O) groups excluding carboxylic acids is 1. The summed E-state index contributed by atoms with van der Waals surface area (Å²) in [5, 5.41) is 13.7. The Balaban J connectivity index is 2.12. The predicted octanol–water partition coefficient (Wildman–Crippen LogP) is 3.61. The number of benzene rings is 2. The van der Waals surface area contributed by atoms with E-state index < -0.39 is 11.5 Å². The van der Waals surface area contributed by atoms with Gasteiger partial charge in [-0.05, 0) is 61.6 Å². The normalized spacial score (nSPS) is 17.0. The third-order valence-electron chi connectivity index (χ3n) is 4.64. The van der Waals surface area contributed by atoms with Crippen LogP contribution in [0, 0.1) is 13.8 Å². The fourth-order valence-corrected chi connectivity index (χ4v) is 3.10. The average molecular weight is 295 g/mol. The van der Waals surface area contributed by atoms with Crippen LogP contribution in [0.1, 0.15) is 47.8 Å². The Morgan fingerprint density at radius 3 is 2.45 bits per heavy atom. The fourth-order valence-electron chi connectivity index (χ4n) is 3.10. The van der Waals surface area contributed by atoms with Crippen LogP contribution in [0.15, 0.2) is 36.4 Å². The van der Waals surface area contributed by atoms with Crippen LogP contribution in [-0.2, 0) is 10.2 Å². The third kappa shape index (κ3) is 2.13. The summed E-state index contributed by atoms with van der Waals surface area (Å²) < 4.78 is 0. The summed E-state index contributed by atoms with van der Waals surface area (Å²) in [6.45, 7) is 7.79. The minimum atomic E-state index is -0.684. The van der Waals surface area contributed by atoms with E-state index in [4.69, 9.17) is 0 Å². The molecule has 0 spiro atoms. The molecule has 0 bridgehead atoms. The Labute approximate surface area is 131 Å². The topological polar surface area (TPSA) is 49.3 Å². The second-order valence-corrected chi connectivity index (χ2v) is 6.60. The lowest BCUT2D eigenvalue weighted by molar-refractivity contribution is -0.119. The number of hydrogen-bond donors (Lipinski definition) is 2. The van der Waals surface area contributed by atoms with Crippen LogP contribution in [0.3, 0.4) is 0 Å². The van der Waals surface area contributed by atoms with Crippen molar-refractivity contribution in [1.82, 2.24) is 0 Å². The molecule has 0 aliphatic carbocycles. The quantitative estimate of drug-likeness (QED) is 0.889. The molecule has 0 aromatic heterocycles. The molecule has 1 aliphatic heterocycles. The monoisotopic (exact) mass is 295 g/mol. The van der Waals surface area contributed by atoms with Gasteiger partial charge in [-0.2, -0.15) is 0 Å². The number of rotatable bonds is 2. The van der Waals surface area contributed by atoms with Gasteiger partial charge in [0, 0.05) is 5.69 Å². The van der Waals surface area contributed by atoms with Gasteiger partial charge in [0.1, 0.15) is 6.10 Å². The third-order valence-corrected chi connectivity index (χ3v) is 4.64. The van der Waals surface area contributed by atoms with Crippen LogP contribution in [0.2, 0.25) is 0 Å². The largest absolute Gasteiger partial charge is 0.384 e. The summed E-state index contributed by atoms with van der Waals surface area (Å²) in [6, 6.07) is 11.7. The van der Waals surface area contributed by atoms with E-state index in [0.29, 0.717) is 0 Å². The van der Waals surface area contributed by atoms with Crippen LogP contribution in [-0.4, -0.2) is 11.0 Å². The van der Waals surface area contributed by atoms with Gasteiger partial charge >= 0.3 is 0 Å². The molecular formula is C19H21NO2. The first-order valence-corrected chi connectivity index (χ1v) is 7.52. The lowest BCUT2D eigenvalue weighted by Gasteiger charge is -2.20. The molecule has 3 rings (SSSR count). The SMILES string of the molecule is Cc1ccccc1C(O)c1cc(C)c2c(c1)C(C)(C)C(=O)N2. The maximum absolute atomic E-state index is 12.1. The zero-order valence-corrected chi connectivity index (χ0v) is 13.4. The molecule has 2 aromatic rings. The molecule has 1 amide bonds. The lowest BCUT2D eigenvalue weighted by atomic mass is 9.83. The highest BCUT2D eigenvalue weighted by atomic mass is 16.3. The standard InChI is InChI=1S/C19H21NO2/c1-11-7-5-6-8-14(11)17(21)13-9-12(2)16-15(10-13)19(3,4)18(22)20-16/h5-10,17,21H,1-4H3,(H,20,22). The molecule has 0 saturated heterocycles. The minimum absolute atomic E-state index is 0.00753. The number of amides is 1. The van der Waals surface area contributed by atoms with Crippen LogP contribution in [0.4, 0.5) is 5.69 Å². The Morgan fingerprint density at radius 1 is 1.09 bits per heavy atom. The molecule has 2 N–H and O–H groups in total. The van der Waals surface area contributed by atoms with E-state index in [2.05, 4.69) is 5.32 Å². The van der Waals surface area contributed by atoms with Crippen molar-refractivity contribution in [1.29, 1.82) is 0 Å². The van der Waals surface area contributed by atoms with E-state index in [1.54, 1.807) is 0 Å². The van der Waals surface area contributed by atoms with Gasteiger partial charge < -0.3 is 10.4 Å². The van der Waals surface area contributed by atoms with Crippen molar-refractivity contribution in [2.45, 2.75) is 39.2 Å². The molecule has 114 valence electrons. The number of aryl methyl sites for hydroxylation is 2. The number of aliphatic hydroxyl groups is 1. The van der Waals surface area contributed by atoms with Gasteiger partial charge in [0.15, 0.2) is 0 Å². The Hall–Kier alpha value is -2.13. The average Bonchev–Trinajstić information content (AvgIpc) is 2.70. The number of anilines is 1. The molecule has 0 fully saturated rings. The first-order chi connectivity index (χ1) is 10.3. The Morgan fingerprint density at radius 2 is 1.77 bits per heavy atom. The molecular weight excluding hydrogens is 274 g/mol. The number of nitrogens with one attached hydrogen (secondary N) is 1. The molecule has 1 atom stereocenters. The molecule has 1 heterocycles. The second kappa shape index (κ2) is 4.96. The van der Waals surface area contributed by atoms with E-state index in [1.165, 1.54) is 0 Å². The van der Waals surface area contributed by atoms with Crippen molar-refractivity contribution in [2.24, 2.45) is 0 Å². The fraction of sp³-hybridized carbons (Fsp3) is 0.316. The lowest BCUT2D eigenvalue weighted by Crippen LogP contribution is -2.26. The molecule has 22 heavy (non-hydrogen) atoms. The highest BCUT2D eigenvalue weighted by molar-refractivity contribution is 6.06. The number of aliphatic hydroxyl groups excluding tert-OH is 1. The summed E-state index contributed by atoms with van der Waals surface area (Å²) in [7, 11) is 0. The van der Waals surface area contributed by atoms with Crippen LogP contribution in [0.5, 0.6) is 0 Å². The molecule has 3 heteroatoms. The minimum Gasteiger partial charge on any atom is -0.384 e. The number of carbonyl (C=O) groups is 1. The van der Waals surface area contributed by atoms with Gasteiger partial charge in [0.25, 0.3) is 0 Å². The summed E-state index contributed by atoms with van der Waals surface area (Å²) >= 11 is 0. The van der Waals surface area contributed by atoms with E-state index in [1.807, 2.05) is 64.1 Å². The Kier molecular flexibility index (Phi) is 3.33. The summed E-state index contributed by atoms with van der Waals surface area (Å²) in [6.07, 6.45) is -0.684. The van der Waals surface area contributed by atoms with Crippen molar-refractivity contribution in [2.75, 3.05) is 5.32 Å². The molecule has 1 unspecified atom stereocenters. The van der Waals surface area contributed by atoms with Gasteiger partial charge in [-0.15, -0.1) is 0 Å². The smallest absolute Gasteiger partial charge is 0.234 e. The first-order valence-electron chi connectivity index (χ1n) is 7.52. The highest BCUT2D eigenvalue weighted by Crippen LogP contribution is 2.41. The molecule has 0 radical (unpaired) electrons. The zero-order chi connectivity index (χ0) is 16.1. The molecule has 1 aliphatic rings. The van der Waals surface area contributed by atoms with Gasteiger partial charge in [-0.25, -0.2) is 0 Å². The van der Waals surface area contributed by atoms with Gasteiger partial charge in [-0.1, -0.05) is 30.3 Å². The van der Waals surface area contributed by atoms with Crippen molar-refractivity contribution in [3.8, 4) is 0 Å². The van der Waals surface area contributed by atoms with Crippen molar-refractivity contribution in [3.63, 3.8) is 0 Å². The molecule has 3 nitrogen and oxygen atoms in total. The van der Waals surface area contributed by atoms with E-state index >= 15 is 0 Å². The van der Waals surface area contributed by atoms with E-state index in [0.717, 1.165) is 33.5 Å². The second-order valence-electron chi connectivity index (χ2n) is 6.60. The number of hydrogen-bond acceptors (Lipinski definition) is 2. The van der Waals surface area contributed by atoms with Gasteiger partial charge in [0.05, 0.1) is 5.41 Å². The highest BCUT2D eigenvalue weighted by Gasteiger charge is 2.39. The maximum Gasteiger partial charge on any atom is 0.234 e. The van der Waals surface area contributed by atoms with Crippen molar-refractivity contribution in [3.05, 3.63) is 64.2 Å². The van der Waals surface area contributed by atoms with Crippen LogP contribution >= 0.6 is 0 Å². The molecule has 0 saturated carbocycles. The van der Waals surface area contributed by atoms with Crippen molar-refractivity contribution < 1.29 is 9.90 Å². The first kappa shape index (κ1) is 14.8. The van der Waals surface area contributed by atoms with E-state index in [-0.39, 0.29) is 5.91 Å². The zero-order valence-electron chi connectivity index (χ0n) is 13.4. The number of fused-ring (bicyclic) bond motifs is 1. The van der Waals surface area contributed by atoms with E-state index in [9.17, 15) is 9.90 Å². The van der Waals surface area contributed by atoms with Gasteiger partial charge in [0.2, 0.25) is 5.91 Å². The summed E-state index contributed by atoms with van der Waals surface area (Å²) in [4.78, 5) is 12.1. The summed E-state index contributed by atoms with van der Waals surface area (Å²) in [5.74, 6) is 0.00753. The summed E-state index contributed by atoms with van der Waals surface area (Å²) in [5.41, 5.74) is 5.05. The predicted molar refractivity (Wildman–Crippen MR) is 88.1 cm³/mol. The van der Waals surface area contributed by atoms with Crippen LogP contribution in [0.25, 0.3) is 0 Å². The maximum atomic E-state index is 12.1. The molecule has 2 aromatic carbocycles. The van der Waals surface area contributed by atoms with Crippen molar-refractivity contribution >= 4 is 11.6 Å². The van der Waals surface area contributed by atoms with Crippen LogP contribution < -0.4 is 5.32 Å².